The van der Waals surface area contributed by atoms with Crippen LogP contribution < -0.4 is 5.43 Å². The summed E-state index contributed by atoms with van der Waals surface area (Å²) in [6.45, 7) is 0. The lowest BCUT2D eigenvalue weighted by Crippen LogP contribution is -2.47. The van der Waals surface area contributed by atoms with Gasteiger partial charge >= 0.3 is 0 Å². The first kappa shape index (κ1) is 14.2. The Morgan fingerprint density at radius 1 is 1.04 bits per heavy atom. The number of nitrogens with zero attached hydrogens (tertiary/aromatic N) is 1. The van der Waals surface area contributed by atoms with Crippen molar-refractivity contribution in [3.05, 3.63) is 48.0 Å². The van der Waals surface area contributed by atoms with Gasteiger partial charge in [0.05, 0.1) is 11.8 Å². The summed E-state index contributed by atoms with van der Waals surface area (Å²) in [6.07, 6.45) is 5.81. The van der Waals surface area contributed by atoms with Crippen molar-refractivity contribution >= 4 is 17.7 Å². The average molecular weight is 310 g/mol. The molecule has 2 bridgehead atoms. The van der Waals surface area contributed by atoms with E-state index in [1.54, 1.807) is 0 Å². The number of carbonyl (C=O) groups is 3. The van der Waals surface area contributed by atoms with Crippen molar-refractivity contribution in [2.45, 2.75) is 19.3 Å². The summed E-state index contributed by atoms with van der Waals surface area (Å²) in [4.78, 5) is 37.0. The molecule has 4 atom stereocenters. The van der Waals surface area contributed by atoms with Crippen molar-refractivity contribution in [3.63, 3.8) is 0 Å². The number of benzene rings is 1. The molecular formula is C18H18N2O3. The van der Waals surface area contributed by atoms with Crippen LogP contribution in [0.5, 0.6) is 0 Å². The maximum atomic E-state index is 12.5. The number of rotatable bonds is 4. The topological polar surface area (TPSA) is 66.5 Å². The van der Waals surface area contributed by atoms with Gasteiger partial charge in [0, 0.05) is 6.42 Å². The maximum absolute atomic E-state index is 12.5. The lowest BCUT2D eigenvalue weighted by Gasteiger charge is -2.17. The third-order valence-corrected chi connectivity index (χ3v) is 5.19. The third-order valence-electron chi connectivity index (χ3n) is 5.19. The van der Waals surface area contributed by atoms with E-state index < -0.39 is 0 Å². The molecule has 1 aromatic carbocycles. The molecule has 0 spiro atoms. The van der Waals surface area contributed by atoms with Gasteiger partial charge in [-0.15, -0.1) is 0 Å². The molecule has 1 saturated carbocycles. The first-order valence-corrected chi connectivity index (χ1v) is 8.04. The fourth-order valence-electron chi connectivity index (χ4n) is 4.10. The summed E-state index contributed by atoms with van der Waals surface area (Å²) in [7, 11) is 0. The van der Waals surface area contributed by atoms with Gasteiger partial charge in [-0.3, -0.25) is 19.8 Å². The maximum Gasteiger partial charge on any atom is 0.252 e. The Bertz CT molecular complexity index is 667. The van der Waals surface area contributed by atoms with Gasteiger partial charge in [-0.1, -0.05) is 42.5 Å². The molecule has 0 radical (unpaired) electrons. The first-order chi connectivity index (χ1) is 11.1. The Morgan fingerprint density at radius 2 is 1.65 bits per heavy atom. The highest BCUT2D eigenvalue weighted by Gasteiger charge is 2.59. The zero-order valence-electron chi connectivity index (χ0n) is 12.6. The zero-order valence-corrected chi connectivity index (χ0v) is 12.6. The zero-order chi connectivity index (χ0) is 16.0. The number of amides is 3. The average Bonchev–Trinajstić information content (AvgIpc) is 3.24. The van der Waals surface area contributed by atoms with Crippen LogP contribution in [0, 0.1) is 23.7 Å². The van der Waals surface area contributed by atoms with Gasteiger partial charge in [0.25, 0.3) is 11.8 Å². The summed E-state index contributed by atoms with van der Waals surface area (Å²) in [5.41, 5.74) is 3.57. The lowest BCUT2D eigenvalue weighted by molar-refractivity contribution is -0.149. The number of allylic oxidation sites excluding steroid dienone is 2. The minimum absolute atomic E-state index is 0.160. The van der Waals surface area contributed by atoms with Gasteiger partial charge in [0.2, 0.25) is 5.91 Å². The van der Waals surface area contributed by atoms with Crippen LogP contribution in [-0.2, 0) is 20.8 Å². The summed E-state index contributed by atoms with van der Waals surface area (Å²) < 4.78 is 0. The molecular weight excluding hydrogens is 292 g/mol. The lowest BCUT2D eigenvalue weighted by atomic mass is 9.85. The van der Waals surface area contributed by atoms with E-state index in [1.807, 2.05) is 42.5 Å². The molecule has 1 N–H and O–H groups in total. The predicted octanol–water partition coefficient (Wildman–Crippen LogP) is 1.46. The molecule has 1 saturated heterocycles. The van der Waals surface area contributed by atoms with Crippen molar-refractivity contribution in [2.24, 2.45) is 23.7 Å². The Morgan fingerprint density at radius 3 is 2.26 bits per heavy atom. The number of carbonyl (C=O) groups excluding carboxylic acids is 3. The van der Waals surface area contributed by atoms with E-state index in [0.29, 0.717) is 6.42 Å². The number of fused-ring (bicyclic) bond motifs is 5. The Hall–Kier alpha value is -2.43. The normalized spacial score (nSPS) is 30.9. The number of hydrogen-bond donors (Lipinski definition) is 1. The van der Waals surface area contributed by atoms with Crippen LogP contribution in [0.3, 0.4) is 0 Å². The molecule has 23 heavy (non-hydrogen) atoms. The quantitative estimate of drug-likeness (QED) is 0.676. The van der Waals surface area contributed by atoms with E-state index in [0.717, 1.165) is 17.0 Å². The largest absolute Gasteiger partial charge is 0.273 e. The Balaban J connectivity index is 1.39. The van der Waals surface area contributed by atoms with Crippen molar-refractivity contribution in [2.75, 3.05) is 0 Å². The van der Waals surface area contributed by atoms with Crippen molar-refractivity contribution in [1.29, 1.82) is 0 Å². The van der Waals surface area contributed by atoms with Crippen LogP contribution in [0.2, 0.25) is 0 Å². The second-order valence-electron chi connectivity index (χ2n) is 6.53. The third kappa shape index (κ3) is 2.27. The number of aryl methyl sites for hydroxylation is 1. The van der Waals surface area contributed by atoms with Crippen molar-refractivity contribution < 1.29 is 14.4 Å². The molecule has 1 heterocycles. The molecule has 0 aromatic heterocycles. The molecule has 0 unspecified atom stereocenters. The number of nitrogens with one attached hydrogen (secondary N) is 1. The van der Waals surface area contributed by atoms with Crippen LogP contribution in [0.1, 0.15) is 18.4 Å². The van der Waals surface area contributed by atoms with Gasteiger partial charge < -0.3 is 0 Å². The molecule has 4 rings (SSSR count). The summed E-state index contributed by atoms with van der Waals surface area (Å²) in [5, 5.41) is 0.967. The van der Waals surface area contributed by atoms with Crippen molar-refractivity contribution in [3.8, 4) is 0 Å². The molecule has 118 valence electrons. The van der Waals surface area contributed by atoms with E-state index in [2.05, 4.69) is 5.43 Å². The molecule has 3 amide bonds. The number of hydrazine groups is 1. The van der Waals surface area contributed by atoms with Crippen LogP contribution in [-0.4, -0.2) is 22.7 Å². The summed E-state index contributed by atoms with van der Waals surface area (Å²) in [6, 6.07) is 9.67. The Kier molecular flexibility index (Phi) is 3.29. The van der Waals surface area contributed by atoms with Gasteiger partial charge in [-0.25, -0.2) is 0 Å². The van der Waals surface area contributed by atoms with E-state index in [4.69, 9.17) is 0 Å². The van der Waals surface area contributed by atoms with E-state index in [1.165, 1.54) is 0 Å². The monoisotopic (exact) mass is 310 g/mol. The van der Waals surface area contributed by atoms with Gasteiger partial charge in [-0.05, 0) is 30.2 Å². The highest BCUT2D eigenvalue weighted by atomic mass is 16.2. The SMILES string of the molecule is O=C(CCc1ccccc1)NN1C(=O)[C@@H]2[C@H](C1=O)[C@H]1C=C[C@H]2C1. The molecule has 3 aliphatic rings. The number of hydrogen-bond acceptors (Lipinski definition) is 3. The molecule has 2 aliphatic carbocycles. The second-order valence-corrected chi connectivity index (χ2v) is 6.53. The van der Waals surface area contributed by atoms with Crippen LogP contribution in [0.25, 0.3) is 0 Å². The first-order valence-electron chi connectivity index (χ1n) is 8.04. The molecule has 1 aliphatic heterocycles. The van der Waals surface area contributed by atoms with E-state index >= 15 is 0 Å². The predicted molar refractivity (Wildman–Crippen MR) is 82.5 cm³/mol. The summed E-state index contributed by atoms with van der Waals surface area (Å²) >= 11 is 0. The highest BCUT2D eigenvalue weighted by Crippen LogP contribution is 2.52. The van der Waals surface area contributed by atoms with Gasteiger partial charge in [0.15, 0.2) is 0 Å². The van der Waals surface area contributed by atoms with Gasteiger partial charge in [0.1, 0.15) is 0 Å². The van der Waals surface area contributed by atoms with E-state index in [9.17, 15) is 14.4 Å². The minimum Gasteiger partial charge on any atom is -0.273 e. The minimum atomic E-state index is -0.296. The standard InChI is InChI=1S/C18H18N2O3/c21-14(9-6-11-4-2-1-3-5-11)19-20-17(22)15-12-7-8-13(10-12)16(15)18(20)23/h1-5,7-8,12-13,15-16H,6,9-10H2,(H,19,21)/t12-,13-,15-,16+/m0/s1. The highest BCUT2D eigenvalue weighted by molar-refractivity contribution is 6.07. The van der Waals surface area contributed by atoms with Crippen molar-refractivity contribution in [1.82, 2.24) is 10.4 Å². The molecule has 1 aromatic rings. The van der Waals surface area contributed by atoms with Crippen LogP contribution in [0.15, 0.2) is 42.5 Å². The van der Waals surface area contributed by atoms with Crippen LogP contribution in [0.4, 0.5) is 0 Å². The second kappa shape index (κ2) is 5.33. The molecule has 5 nitrogen and oxygen atoms in total. The molecule has 5 heteroatoms. The van der Waals surface area contributed by atoms with E-state index in [-0.39, 0.29) is 47.8 Å². The van der Waals surface area contributed by atoms with Crippen LogP contribution >= 0.6 is 0 Å². The fraction of sp³-hybridized carbons (Fsp3) is 0.389. The smallest absolute Gasteiger partial charge is 0.252 e. The van der Waals surface area contributed by atoms with Gasteiger partial charge in [-0.2, -0.15) is 5.01 Å². The summed E-state index contributed by atoms with van der Waals surface area (Å²) in [5.74, 6) is -1.01. The Labute approximate surface area is 134 Å². The molecule has 2 fully saturated rings. The fourth-order valence-corrected chi connectivity index (χ4v) is 4.10. The number of imide groups is 1.